The van der Waals surface area contributed by atoms with Crippen molar-refractivity contribution in [2.75, 3.05) is 13.2 Å². The Bertz CT molecular complexity index is 438. The Morgan fingerprint density at radius 1 is 1.47 bits per heavy atom. The van der Waals surface area contributed by atoms with Crippen molar-refractivity contribution >= 4 is 17.5 Å². The van der Waals surface area contributed by atoms with E-state index in [-0.39, 0.29) is 17.9 Å². The molecule has 2 rings (SSSR count). The Morgan fingerprint density at radius 2 is 2.21 bits per heavy atom. The van der Waals surface area contributed by atoms with E-state index in [0.717, 1.165) is 12.8 Å². The van der Waals surface area contributed by atoms with Gasteiger partial charge in [0, 0.05) is 6.54 Å². The molecule has 0 spiro atoms. The van der Waals surface area contributed by atoms with Crippen molar-refractivity contribution in [1.82, 2.24) is 5.32 Å². The molecule has 4 nitrogen and oxygen atoms in total. The van der Waals surface area contributed by atoms with Crippen molar-refractivity contribution in [2.45, 2.75) is 31.2 Å². The van der Waals surface area contributed by atoms with E-state index in [1.165, 1.54) is 0 Å². The van der Waals surface area contributed by atoms with E-state index in [4.69, 9.17) is 21.1 Å². The van der Waals surface area contributed by atoms with Crippen LogP contribution in [0.15, 0.2) is 24.3 Å². The molecule has 1 N–H and O–H groups in total. The predicted molar refractivity (Wildman–Crippen MR) is 73.9 cm³/mol. The second kappa shape index (κ2) is 6.66. The van der Waals surface area contributed by atoms with Gasteiger partial charge >= 0.3 is 0 Å². The first-order valence-electron chi connectivity index (χ1n) is 6.51. The number of para-hydroxylation sites is 2. The molecule has 1 heterocycles. The van der Waals surface area contributed by atoms with Crippen LogP contribution in [-0.2, 0) is 4.79 Å². The number of ether oxygens (including phenoxy) is 2. The average Bonchev–Trinajstić information content (AvgIpc) is 2.44. The number of fused-ring (bicyclic) bond motifs is 1. The van der Waals surface area contributed by atoms with Gasteiger partial charge < -0.3 is 14.8 Å². The Kier molecular flexibility index (Phi) is 4.91. The molecule has 0 saturated carbocycles. The van der Waals surface area contributed by atoms with Crippen LogP contribution in [0.1, 0.15) is 19.8 Å². The molecule has 1 aromatic rings. The first-order chi connectivity index (χ1) is 9.20. The summed E-state index contributed by atoms with van der Waals surface area (Å²) in [6.07, 6.45) is 1.27. The third-order valence-corrected chi connectivity index (χ3v) is 3.27. The maximum atomic E-state index is 11.9. The lowest BCUT2D eigenvalue weighted by Gasteiger charge is -2.25. The number of carbonyl (C=O) groups is 1. The van der Waals surface area contributed by atoms with E-state index < -0.39 is 6.10 Å². The summed E-state index contributed by atoms with van der Waals surface area (Å²) in [7, 11) is 0. The maximum Gasteiger partial charge on any atom is 0.264 e. The molecule has 0 bridgehead atoms. The van der Waals surface area contributed by atoms with Crippen molar-refractivity contribution in [1.29, 1.82) is 0 Å². The number of hydrogen-bond donors (Lipinski definition) is 1. The standard InChI is InChI=1S/C14H18ClNO3/c1-2-5-10(15)8-16-14(17)13-9-18-11-6-3-4-7-12(11)19-13/h3-4,6-7,10,13H,2,5,8-9H2,1H3,(H,16,17). The van der Waals surface area contributed by atoms with Crippen LogP contribution in [0.5, 0.6) is 11.5 Å². The van der Waals surface area contributed by atoms with Crippen molar-refractivity contribution < 1.29 is 14.3 Å². The van der Waals surface area contributed by atoms with Gasteiger partial charge in [0.2, 0.25) is 6.10 Å². The number of alkyl halides is 1. The minimum atomic E-state index is -0.611. The fourth-order valence-electron chi connectivity index (χ4n) is 1.89. The number of benzene rings is 1. The van der Waals surface area contributed by atoms with E-state index in [1.54, 1.807) is 6.07 Å². The molecule has 0 aromatic heterocycles. The number of hydrogen-bond acceptors (Lipinski definition) is 3. The molecule has 1 aromatic carbocycles. The molecule has 1 aliphatic heterocycles. The highest BCUT2D eigenvalue weighted by atomic mass is 35.5. The summed E-state index contributed by atoms with van der Waals surface area (Å²) < 4.78 is 11.1. The molecule has 2 atom stereocenters. The highest BCUT2D eigenvalue weighted by Gasteiger charge is 2.27. The Hall–Kier alpha value is -1.42. The molecule has 2 unspecified atom stereocenters. The van der Waals surface area contributed by atoms with Gasteiger partial charge in [-0.1, -0.05) is 25.5 Å². The van der Waals surface area contributed by atoms with Crippen LogP contribution in [0.25, 0.3) is 0 Å². The third kappa shape index (κ3) is 3.77. The highest BCUT2D eigenvalue weighted by Crippen LogP contribution is 2.30. The second-order valence-corrected chi connectivity index (χ2v) is 5.11. The lowest BCUT2D eigenvalue weighted by molar-refractivity contribution is -0.130. The molecule has 104 valence electrons. The average molecular weight is 284 g/mol. The van der Waals surface area contributed by atoms with Crippen LogP contribution in [-0.4, -0.2) is 30.5 Å². The highest BCUT2D eigenvalue weighted by molar-refractivity contribution is 6.20. The van der Waals surface area contributed by atoms with E-state index in [1.807, 2.05) is 18.2 Å². The van der Waals surface area contributed by atoms with Crippen LogP contribution in [0, 0.1) is 0 Å². The minimum Gasteiger partial charge on any atom is -0.485 e. The first-order valence-corrected chi connectivity index (χ1v) is 6.94. The summed E-state index contributed by atoms with van der Waals surface area (Å²) in [6, 6.07) is 7.32. The molecule has 0 aliphatic carbocycles. The molecular formula is C14H18ClNO3. The van der Waals surface area contributed by atoms with Gasteiger partial charge in [0.05, 0.1) is 5.38 Å². The largest absolute Gasteiger partial charge is 0.485 e. The van der Waals surface area contributed by atoms with Crippen molar-refractivity contribution in [3.05, 3.63) is 24.3 Å². The van der Waals surface area contributed by atoms with Gasteiger partial charge in [-0.3, -0.25) is 4.79 Å². The second-order valence-electron chi connectivity index (χ2n) is 4.50. The topological polar surface area (TPSA) is 47.6 Å². The SMILES string of the molecule is CCCC(Cl)CNC(=O)C1COc2ccccc2O1. The number of rotatable bonds is 5. The number of carbonyl (C=O) groups excluding carboxylic acids is 1. The molecule has 0 radical (unpaired) electrons. The van der Waals surface area contributed by atoms with Crippen LogP contribution >= 0.6 is 11.6 Å². The van der Waals surface area contributed by atoms with E-state index >= 15 is 0 Å². The quantitative estimate of drug-likeness (QED) is 0.844. The molecule has 19 heavy (non-hydrogen) atoms. The summed E-state index contributed by atoms with van der Waals surface area (Å²) in [6.45, 7) is 2.74. The maximum absolute atomic E-state index is 11.9. The molecule has 0 saturated heterocycles. The molecule has 0 fully saturated rings. The Morgan fingerprint density at radius 3 is 2.95 bits per heavy atom. The summed E-state index contributed by atoms with van der Waals surface area (Å²) in [5.41, 5.74) is 0. The summed E-state index contributed by atoms with van der Waals surface area (Å²) in [5.74, 6) is 1.09. The lowest BCUT2D eigenvalue weighted by atomic mass is 10.2. The van der Waals surface area contributed by atoms with Gasteiger partial charge in [-0.05, 0) is 18.6 Å². The van der Waals surface area contributed by atoms with Gasteiger partial charge in [0.1, 0.15) is 6.61 Å². The predicted octanol–water partition coefficient (Wildman–Crippen LogP) is 2.35. The van der Waals surface area contributed by atoms with Crippen LogP contribution in [0.2, 0.25) is 0 Å². The zero-order valence-electron chi connectivity index (χ0n) is 10.9. The molecule has 1 aliphatic rings. The number of halogens is 1. The van der Waals surface area contributed by atoms with E-state index in [2.05, 4.69) is 12.2 Å². The number of nitrogens with one attached hydrogen (secondary N) is 1. The first kappa shape index (κ1) is 14.0. The van der Waals surface area contributed by atoms with Gasteiger partial charge in [-0.15, -0.1) is 11.6 Å². The van der Waals surface area contributed by atoms with Gasteiger partial charge in [-0.25, -0.2) is 0 Å². The Balaban J connectivity index is 1.85. The summed E-state index contributed by atoms with van der Waals surface area (Å²) >= 11 is 6.06. The van der Waals surface area contributed by atoms with E-state index in [0.29, 0.717) is 18.0 Å². The van der Waals surface area contributed by atoms with Crippen LogP contribution in [0.3, 0.4) is 0 Å². The normalized spacial score (nSPS) is 18.7. The van der Waals surface area contributed by atoms with Crippen molar-refractivity contribution in [3.63, 3.8) is 0 Å². The lowest BCUT2D eigenvalue weighted by Crippen LogP contribution is -2.45. The van der Waals surface area contributed by atoms with Crippen molar-refractivity contribution in [2.24, 2.45) is 0 Å². The fraction of sp³-hybridized carbons (Fsp3) is 0.500. The Labute approximate surface area is 118 Å². The summed E-state index contributed by atoms with van der Waals surface area (Å²) in [5, 5.41) is 2.76. The van der Waals surface area contributed by atoms with Gasteiger partial charge in [-0.2, -0.15) is 0 Å². The molecule has 5 heteroatoms. The van der Waals surface area contributed by atoms with Gasteiger partial charge in [0.25, 0.3) is 5.91 Å². The van der Waals surface area contributed by atoms with E-state index in [9.17, 15) is 4.79 Å². The third-order valence-electron chi connectivity index (χ3n) is 2.90. The zero-order valence-corrected chi connectivity index (χ0v) is 11.7. The summed E-state index contributed by atoms with van der Waals surface area (Å²) in [4.78, 5) is 11.9. The van der Waals surface area contributed by atoms with Crippen molar-refractivity contribution in [3.8, 4) is 11.5 Å². The van der Waals surface area contributed by atoms with Gasteiger partial charge in [0.15, 0.2) is 11.5 Å². The number of amides is 1. The molecular weight excluding hydrogens is 266 g/mol. The van der Waals surface area contributed by atoms with Crippen LogP contribution < -0.4 is 14.8 Å². The minimum absolute atomic E-state index is 0.0363. The zero-order chi connectivity index (χ0) is 13.7. The molecule has 1 amide bonds. The monoisotopic (exact) mass is 283 g/mol. The smallest absolute Gasteiger partial charge is 0.264 e. The fourth-order valence-corrected chi connectivity index (χ4v) is 2.18. The van der Waals surface area contributed by atoms with Crippen LogP contribution in [0.4, 0.5) is 0 Å².